The Morgan fingerprint density at radius 2 is 2.38 bits per heavy atom. The van der Waals surface area contributed by atoms with Gasteiger partial charge in [-0.3, -0.25) is 4.79 Å². The molecule has 0 atom stereocenters. The number of benzene rings is 1. The van der Waals surface area contributed by atoms with Gasteiger partial charge in [-0.25, -0.2) is 4.98 Å². The van der Waals surface area contributed by atoms with Crippen molar-refractivity contribution in [2.45, 2.75) is 6.61 Å². The molecule has 82 valence electrons. The molecule has 0 N–H and O–H groups in total. The normalized spacial score (nSPS) is 10.1. The van der Waals surface area contributed by atoms with Crippen molar-refractivity contribution in [3.05, 3.63) is 45.4 Å². The smallest absolute Gasteiger partial charge is 0.155 e. The lowest BCUT2D eigenvalue weighted by Crippen LogP contribution is -1.98. The van der Waals surface area contributed by atoms with Crippen LogP contribution in [0, 0.1) is 0 Å². The summed E-state index contributed by atoms with van der Waals surface area (Å²) >= 11 is 7.37. The molecule has 0 spiro atoms. The zero-order valence-electron chi connectivity index (χ0n) is 8.22. The van der Waals surface area contributed by atoms with Crippen molar-refractivity contribution in [3.63, 3.8) is 0 Å². The molecule has 0 saturated heterocycles. The minimum Gasteiger partial charge on any atom is -0.486 e. The fourth-order valence-electron chi connectivity index (χ4n) is 1.22. The van der Waals surface area contributed by atoms with Gasteiger partial charge in [0.05, 0.1) is 21.8 Å². The van der Waals surface area contributed by atoms with Gasteiger partial charge >= 0.3 is 0 Å². The number of carbonyl (C=O) groups excluding carboxylic acids is 1. The van der Waals surface area contributed by atoms with Gasteiger partial charge in [-0.1, -0.05) is 17.7 Å². The Hall–Kier alpha value is -1.39. The molecule has 5 heteroatoms. The zero-order chi connectivity index (χ0) is 11.4. The monoisotopic (exact) mass is 253 g/mol. The average molecular weight is 254 g/mol. The highest BCUT2D eigenvalue weighted by molar-refractivity contribution is 7.07. The molecule has 1 aromatic carbocycles. The van der Waals surface area contributed by atoms with Crippen molar-refractivity contribution in [1.29, 1.82) is 0 Å². The Labute approximate surface area is 102 Å². The molecule has 0 radical (unpaired) electrons. The number of hydrogen-bond acceptors (Lipinski definition) is 4. The minimum absolute atomic E-state index is 0.338. The number of hydrogen-bond donors (Lipinski definition) is 0. The van der Waals surface area contributed by atoms with Gasteiger partial charge in [0.25, 0.3) is 0 Å². The van der Waals surface area contributed by atoms with Gasteiger partial charge < -0.3 is 4.74 Å². The van der Waals surface area contributed by atoms with E-state index in [0.29, 0.717) is 29.2 Å². The van der Waals surface area contributed by atoms with Crippen LogP contribution >= 0.6 is 22.9 Å². The lowest BCUT2D eigenvalue weighted by atomic mass is 10.2. The Morgan fingerprint density at radius 1 is 1.50 bits per heavy atom. The number of ether oxygens (including phenoxy) is 1. The highest BCUT2D eigenvalue weighted by Crippen LogP contribution is 2.25. The summed E-state index contributed by atoms with van der Waals surface area (Å²) in [5.74, 6) is 0.482. The number of halogens is 1. The number of thiazole rings is 1. The van der Waals surface area contributed by atoms with Crippen molar-refractivity contribution >= 4 is 29.2 Å². The first-order chi connectivity index (χ1) is 7.81. The standard InChI is InChI=1S/C11H8ClNO2S/c12-10-2-1-3-11(9(10)4-14)15-5-8-6-16-7-13-8/h1-4,6-7H,5H2. The van der Waals surface area contributed by atoms with Gasteiger partial charge in [0.2, 0.25) is 0 Å². The van der Waals surface area contributed by atoms with E-state index in [4.69, 9.17) is 16.3 Å². The summed E-state index contributed by atoms with van der Waals surface area (Å²) < 4.78 is 5.48. The predicted octanol–water partition coefficient (Wildman–Crippen LogP) is 3.19. The number of carbonyl (C=O) groups is 1. The molecule has 0 aliphatic heterocycles. The van der Waals surface area contributed by atoms with E-state index in [-0.39, 0.29) is 0 Å². The molecule has 0 saturated carbocycles. The third-order valence-electron chi connectivity index (χ3n) is 1.99. The fourth-order valence-corrected chi connectivity index (χ4v) is 1.97. The molecular formula is C11H8ClNO2S. The molecular weight excluding hydrogens is 246 g/mol. The zero-order valence-corrected chi connectivity index (χ0v) is 9.79. The van der Waals surface area contributed by atoms with Crippen LogP contribution in [0.2, 0.25) is 5.02 Å². The molecule has 0 aliphatic carbocycles. The quantitative estimate of drug-likeness (QED) is 0.786. The summed E-state index contributed by atoms with van der Waals surface area (Å²) in [5.41, 5.74) is 2.94. The Bertz CT molecular complexity index is 485. The minimum atomic E-state index is 0.338. The van der Waals surface area contributed by atoms with Gasteiger partial charge in [0, 0.05) is 5.38 Å². The van der Waals surface area contributed by atoms with E-state index in [1.165, 1.54) is 11.3 Å². The van der Waals surface area contributed by atoms with E-state index in [0.717, 1.165) is 5.69 Å². The maximum atomic E-state index is 10.8. The number of aldehydes is 1. The van der Waals surface area contributed by atoms with E-state index in [9.17, 15) is 4.79 Å². The van der Waals surface area contributed by atoms with Crippen LogP contribution in [0.3, 0.4) is 0 Å². The van der Waals surface area contributed by atoms with E-state index in [2.05, 4.69) is 4.98 Å². The molecule has 1 heterocycles. The summed E-state index contributed by atoms with van der Waals surface area (Å²) in [7, 11) is 0. The molecule has 16 heavy (non-hydrogen) atoms. The van der Waals surface area contributed by atoms with Crippen LogP contribution in [0.5, 0.6) is 5.75 Å². The van der Waals surface area contributed by atoms with E-state index < -0.39 is 0 Å². The van der Waals surface area contributed by atoms with Gasteiger partial charge in [-0.15, -0.1) is 11.3 Å². The summed E-state index contributed by atoms with van der Waals surface area (Å²) in [4.78, 5) is 14.9. The Morgan fingerprint density at radius 3 is 3.06 bits per heavy atom. The van der Waals surface area contributed by atoms with Crippen LogP contribution < -0.4 is 4.74 Å². The number of rotatable bonds is 4. The topological polar surface area (TPSA) is 39.2 Å². The van der Waals surface area contributed by atoms with Crippen molar-refractivity contribution in [2.24, 2.45) is 0 Å². The molecule has 0 fully saturated rings. The van der Waals surface area contributed by atoms with Crippen LogP contribution in [-0.4, -0.2) is 11.3 Å². The molecule has 0 amide bonds. The summed E-state index contributed by atoms with van der Waals surface area (Å²) in [6, 6.07) is 5.11. The lowest BCUT2D eigenvalue weighted by molar-refractivity contribution is 0.111. The summed E-state index contributed by atoms with van der Waals surface area (Å²) in [6.07, 6.45) is 0.693. The third-order valence-corrected chi connectivity index (χ3v) is 2.95. The molecule has 0 bridgehead atoms. The van der Waals surface area contributed by atoms with Gasteiger partial charge in [-0.05, 0) is 12.1 Å². The second-order valence-corrected chi connectivity index (χ2v) is 4.16. The van der Waals surface area contributed by atoms with Crippen molar-refractivity contribution in [2.75, 3.05) is 0 Å². The number of aromatic nitrogens is 1. The Balaban J connectivity index is 2.15. The summed E-state index contributed by atoms with van der Waals surface area (Å²) in [6.45, 7) is 0.338. The third kappa shape index (κ3) is 2.40. The van der Waals surface area contributed by atoms with E-state index in [1.54, 1.807) is 23.7 Å². The lowest BCUT2D eigenvalue weighted by Gasteiger charge is -2.07. The molecule has 2 rings (SSSR count). The van der Waals surface area contributed by atoms with Crippen LogP contribution in [0.25, 0.3) is 0 Å². The van der Waals surface area contributed by atoms with Crippen LogP contribution in [-0.2, 0) is 6.61 Å². The molecule has 0 unspecified atom stereocenters. The second-order valence-electron chi connectivity index (χ2n) is 3.04. The average Bonchev–Trinajstić information content (AvgIpc) is 2.79. The SMILES string of the molecule is O=Cc1c(Cl)cccc1OCc1cscn1. The van der Waals surface area contributed by atoms with Gasteiger partial charge in [0.1, 0.15) is 12.4 Å². The van der Waals surface area contributed by atoms with Crippen LogP contribution in [0.1, 0.15) is 16.1 Å². The second kappa shape index (κ2) is 5.09. The summed E-state index contributed by atoms with van der Waals surface area (Å²) in [5, 5.41) is 2.29. The largest absolute Gasteiger partial charge is 0.486 e. The first-order valence-corrected chi connectivity index (χ1v) is 5.87. The first-order valence-electron chi connectivity index (χ1n) is 4.55. The molecule has 1 aromatic heterocycles. The first kappa shape index (κ1) is 11.1. The van der Waals surface area contributed by atoms with Crippen molar-refractivity contribution in [3.8, 4) is 5.75 Å². The highest BCUT2D eigenvalue weighted by Gasteiger charge is 2.07. The van der Waals surface area contributed by atoms with Crippen LogP contribution in [0.15, 0.2) is 29.1 Å². The maximum Gasteiger partial charge on any atom is 0.155 e. The highest BCUT2D eigenvalue weighted by atomic mass is 35.5. The van der Waals surface area contributed by atoms with Crippen molar-refractivity contribution in [1.82, 2.24) is 4.98 Å². The van der Waals surface area contributed by atoms with E-state index >= 15 is 0 Å². The van der Waals surface area contributed by atoms with Crippen LogP contribution in [0.4, 0.5) is 0 Å². The van der Waals surface area contributed by atoms with Gasteiger partial charge in [-0.2, -0.15) is 0 Å². The van der Waals surface area contributed by atoms with E-state index in [1.807, 2.05) is 5.38 Å². The van der Waals surface area contributed by atoms with Gasteiger partial charge in [0.15, 0.2) is 6.29 Å². The Kier molecular flexibility index (Phi) is 3.54. The number of nitrogens with zero attached hydrogens (tertiary/aromatic N) is 1. The molecule has 3 nitrogen and oxygen atoms in total. The van der Waals surface area contributed by atoms with Crippen molar-refractivity contribution < 1.29 is 9.53 Å². The predicted molar refractivity (Wildman–Crippen MR) is 63.3 cm³/mol. The molecule has 2 aromatic rings. The molecule has 0 aliphatic rings. The maximum absolute atomic E-state index is 10.8. The fraction of sp³-hybridized carbons (Fsp3) is 0.0909.